The summed E-state index contributed by atoms with van der Waals surface area (Å²) < 4.78 is 16.2. The second kappa shape index (κ2) is 7.21. The third kappa shape index (κ3) is 3.14. The van der Waals surface area contributed by atoms with E-state index in [4.69, 9.17) is 0 Å². The molecule has 2 amide bonds. The number of rotatable bonds is 5. The number of aromatic amines is 1. The zero-order valence-electron chi connectivity index (χ0n) is 17.2. The summed E-state index contributed by atoms with van der Waals surface area (Å²) in [5.41, 5.74) is 3.47. The molecular weight excluding hydrogens is 395 g/mol. The van der Waals surface area contributed by atoms with Gasteiger partial charge in [-0.2, -0.15) is 0 Å². The number of para-hydroxylation sites is 1. The van der Waals surface area contributed by atoms with E-state index in [1.807, 2.05) is 49.1 Å². The summed E-state index contributed by atoms with van der Waals surface area (Å²) in [5.74, 6) is -1.31. The lowest BCUT2D eigenvalue weighted by Crippen LogP contribution is -2.22. The Kier molecular flexibility index (Phi) is 4.48. The molecule has 0 saturated heterocycles. The van der Waals surface area contributed by atoms with E-state index < -0.39 is 17.6 Å². The molecule has 2 aromatic carbocycles. The summed E-state index contributed by atoms with van der Waals surface area (Å²) >= 11 is 0. The molecule has 4 aromatic rings. The Morgan fingerprint density at radius 3 is 2.48 bits per heavy atom. The van der Waals surface area contributed by atoms with Gasteiger partial charge in [-0.3, -0.25) is 14.9 Å². The summed E-state index contributed by atoms with van der Waals surface area (Å²) in [4.78, 5) is 31.0. The number of hydrogen-bond donors (Lipinski definition) is 2. The molecule has 0 unspecified atom stereocenters. The summed E-state index contributed by atoms with van der Waals surface area (Å²) in [6.45, 7) is 1.44. The van der Waals surface area contributed by atoms with Crippen LogP contribution in [0.3, 0.4) is 0 Å². The molecule has 0 bridgehead atoms. The van der Waals surface area contributed by atoms with Crippen LogP contribution in [-0.4, -0.2) is 46.9 Å². The van der Waals surface area contributed by atoms with Gasteiger partial charge >= 0.3 is 0 Å². The number of benzene rings is 2. The van der Waals surface area contributed by atoms with Crippen molar-refractivity contribution in [1.29, 1.82) is 0 Å². The number of imide groups is 1. The maximum absolute atomic E-state index is 14.2. The van der Waals surface area contributed by atoms with Crippen LogP contribution in [0.15, 0.2) is 54.9 Å². The molecule has 7 heteroatoms. The first-order valence-electron chi connectivity index (χ1n) is 10.0. The number of H-pyrrole nitrogens is 1. The van der Waals surface area contributed by atoms with E-state index in [0.29, 0.717) is 28.6 Å². The van der Waals surface area contributed by atoms with E-state index in [0.717, 1.165) is 23.0 Å². The fourth-order valence-corrected chi connectivity index (χ4v) is 4.21. The molecular formula is C24H21FN4O2. The Morgan fingerprint density at radius 1 is 0.968 bits per heavy atom. The maximum atomic E-state index is 14.2. The second-order valence-electron chi connectivity index (χ2n) is 7.98. The predicted octanol–water partition coefficient (Wildman–Crippen LogP) is 3.39. The first-order chi connectivity index (χ1) is 14.9. The molecule has 0 atom stereocenters. The Balaban J connectivity index is 1.78. The highest BCUT2D eigenvalue weighted by atomic mass is 19.1. The monoisotopic (exact) mass is 416 g/mol. The van der Waals surface area contributed by atoms with Crippen molar-refractivity contribution in [2.24, 2.45) is 0 Å². The maximum Gasteiger partial charge on any atom is 0.259 e. The van der Waals surface area contributed by atoms with Crippen LogP contribution < -0.4 is 5.32 Å². The number of aromatic nitrogens is 2. The quantitative estimate of drug-likeness (QED) is 0.490. The minimum absolute atomic E-state index is 0.272. The van der Waals surface area contributed by atoms with Crippen molar-refractivity contribution < 1.29 is 14.0 Å². The highest BCUT2D eigenvalue weighted by Crippen LogP contribution is 2.38. The fourth-order valence-electron chi connectivity index (χ4n) is 4.21. The minimum Gasteiger partial charge on any atom is -0.361 e. The van der Waals surface area contributed by atoms with E-state index in [-0.39, 0.29) is 5.57 Å². The molecule has 31 heavy (non-hydrogen) atoms. The number of carbonyl (C=O) groups is 2. The van der Waals surface area contributed by atoms with Crippen LogP contribution >= 0.6 is 0 Å². The van der Waals surface area contributed by atoms with Gasteiger partial charge in [0.25, 0.3) is 11.8 Å². The lowest BCUT2D eigenvalue weighted by Gasteiger charge is -2.11. The summed E-state index contributed by atoms with van der Waals surface area (Å²) in [5, 5.41) is 3.89. The Bertz CT molecular complexity index is 1390. The van der Waals surface area contributed by atoms with Crippen LogP contribution in [0.4, 0.5) is 4.39 Å². The van der Waals surface area contributed by atoms with Crippen molar-refractivity contribution in [3.05, 3.63) is 71.8 Å². The number of amides is 2. The van der Waals surface area contributed by atoms with Crippen LogP contribution in [0.25, 0.3) is 33.0 Å². The molecule has 156 valence electrons. The van der Waals surface area contributed by atoms with Gasteiger partial charge in [0.05, 0.1) is 11.1 Å². The van der Waals surface area contributed by atoms with Gasteiger partial charge in [-0.15, -0.1) is 0 Å². The van der Waals surface area contributed by atoms with Crippen molar-refractivity contribution in [3.63, 3.8) is 0 Å². The molecule has 0 saturated carbocycles. The largest absolute Gasteiger partial charge is 0.361 e. The van der Waals surface area contributed by atoms with E-state index in [1.54, 1.807) is 12.3 Å². The summed E-state index contributed by atoms with van der Waals surface area (Å²) in [6, 6.07) is 12.2. The van der Waals surface area contributed by atoms with E-state index >= 15 is 0 Å². The first-order valence-corrected chi connectivity index (χ1v) is 10.0. The first kappa shape index (κ1) is 19.3. The number of fused-ring (bicyclic) bond motifs is 2. The van der Waals surface area contributed by atoms with E-state index in [1.165, 1.54) is 12.1 Å². The molecule has 0 spiro atoms. The second-order valence-corrected chi connectivity index (χ2v) is 7.98. The predicted molar refractivity (Wildman–Crippen MR) is 119 cm³/mol. The van der Waals surface area contributed by atoms with Gasteiger partial charge in [-0.1, -0.05) is 18.2 Å². The molecule has 6 nitrogen and oxygen atoms in total. The van der Waals surface area contributed by atoms with Crippen molar-refractivity contribution in [2.45, 2.75) is 6.54 Å². The third-order valence-corrected chi connectivity index (χ3v) is 5.69. The minimum atomic E-state index is -0.471. The van der Waals surface area contributed by atoms with Crippen molar-refractivity contribution in [2.75, 3.05) is 20.6 Å². The fraction of sp³-hybridized carbons (Fsp3) is 0.167. The number of nitrogens with one attached hydrogen (secondary N) is 2. The molecule has 0 aliphatic carbocycles. The van der Waals surface area contributed by atoms with Crippen LogP contribution in [0, 0.1) is 5.82 Å². The summed E-state index contributed by atoms with van der Waals surface area (Å²) in [7, 11) is 3.96. The number of nitrogens with zero attached hydrogens (tertiary/aromatic N) is 2. The number of halogens is 1. The van der Waals surface area contributed by atoms with Crippen LogP contribution in [0.1, 0.15) is 11.1 Å². The smallest absolute Gasteiger partial charge is 0.259 e. The van der Waals surface area contributed by atoms with Crippen LogP contribution in [0.5, 0.6) is 0 Å². The molecule has 1 aliphatic heterocycles. The van der Waals surface area contributed by atoms with Crippen molar-refractivity contribution >= 4 is 44.8 Å². The van der Waals surface area contributed by atoms with Gasteiger partial charge in [0.15, 0.2) is 0 Å². The van der Waals surface area contributed by atoms with Gasteiger partial charge in [0, 0.05) is 58.4 Å². The molecule has 2 aromatic heterocycles. The summed E-state index contributed by atoms with van der Waals surface area (Å²) in [6.07, 6.45) is 3.58. The number of likely N-dealkylation sites (N-methyl/N-ethyl adjacent to an activating group) is 1. The van der Waals surface area contributed by atoms with Gasteiger partial charge in [0.2, 0.25) is 0 Å². The zero-order valence-corrected chi connectivity index (χ0v) is 17.2. The topological polar surface area (TPSA) is 70.1 Å². The Hall–Kier alpha value is -3.71. The zero-order chi connectivity index (χ0) is 21.7. The molecule has 0 radical (unpaired) electrons. The van der Waals surface area contributed by atoms with Crippen LogP contribution in [-0.2, 0) is 16.1 Å². The highest BCUT2D eigenvalue weighted by molar-refractivity contribution is 6.50. The standard InChI is InChI=1S/C24H21FN4O2/c1-28(2)9-10-29-13-18(16-11-14(25)7-8-20(16)29)22-21(23(30)27-24(22)31)17-12-26-19-6-4-3-5-15(17)19/h3-8,11-13,26H,9-10H2,1-2H3,(H,27,30,31). The lowest BCUT2D eigenvalue weighted by molar-refractivity contribution is -0.122. The average Bonchev–Trinajstić information content (AvgIpc) is 3.39. The Labute approximate surface area is 178 Å². The highest BCUT2D eigenvalue weighted by Gasteiger charge is 2.35. The normalized spacial score (nSPS) is 14.5. The number of hydrogen-bond acceptors (Lipinski definition) is 3. The van der Waals surface area contributed by atoms with Gasteiger partial charge < -0.3 is 14.5 Å². The lowest BCUT2D eigenvalue weighted by atomic mass is 9.95. The van der Waals surface area contributed by atoms with Gasteiger partial charge in [-0.25, -0.2) is 4.39 Å². The van der Waals surface area contributed by atoms with E-state index in [2.05, 4.69) is 15.2 Å². The SMILES string of the molecule is CN(C)CCn1cc(C2=C(c3c[nH]c4ccccc34)C(=O)NC2=O)c2cc(F)ccc21. The molecule has 5 rings (SSSR count). The average molecular weight is 416 g/mol. The van der Waals surface area contributed by atoms with E-state index in [9.17, 15) is 14.0 Å². The molecule has 2 N–H and O–H groups in total. The molecule has 3 heterocycles. The van der Waals surface area contributed by atoms with Crippen molar-refractivity contribution in [1.82, 2.24) is 19.8 Å². The van der Waals surface area contributed by atoms with Crippen LogP contribution in [0.2, 0.25) is 0 Å². The van der Waals surface area contributed by atoms with Crippen molar-refractivity contribution in [3.8, 4) is 0 Å². The molecule has 1 aliphatic rings. The molecule has 0 fully saturated rings. The third-order valence-electron chi connectivity index (χ3n) is 5.69. The van der Waals surface area contributed by atoms with Gasteiger partial charge in [-0.05, 0) is 38.4 Å². The van der Waals surface area contributed by atoms with Gasteiger partial charge in [0.1, 0.15) is 5.82 Å². The number of carbonyl (C=O) groups excluding carboxylic acids is 2. The Morgan fingerprint density at radius 2 is 1.71 bits per heavy atom.